The molecule has 0 bridgehead atoms. The Morgan fingerprint density at radius 3 is 2.75 bits per heavy atom. The predicted octanol–water partition coefficient (Wildman–Crippen LogP) is 1.57. The molecule has 0 aliphatic carbocycles. The van der Waals surface area contributed by atoms with E-state index in [0.717, 1.165) is 18.2 Å². The number of rotatable bonds is 4. The summed E-state index contributed by atoms with van der Waals surface area (Å²) < 4.78 is 39.5. The molecule has 0 saturated heterocycles. The summed E-state index contributed by atoms with van der Waals surface area (Å²) in [5.74, 6) is -0.754. The Morgan fingerprint density at radius 2 is 2.10 bits per heavy atom. The van der Waals surface area contributed by atoms with Gasteiger partial charge in [-0.05, 0) is 30.3 Å². The lowest BCUT2D eigenvalue weighted by atomic mass is 10.2. The molecule has 0 spiro atoms. The lowest BCUT2D eigenvalue weighted by molar-refractivity contribution is 0.579. The topological polar surface area (TPSA) is 82.8 Å². The van der Waals surface area contributed by atoms with Gasteiger partial charge in [0.05, 0.1) is 22.7 Å². The molecule has 0 atom stereocenters. The van der Waals surface area contributed by atoms with Gasteiger partial charge in [-0.1, -0.05) is 6.07 Å². The van der Waals surface area contributed by atoms with Crippen molar-refractivity contribution in [3.8, 4) is 6.07 Å². The van der Waals surface area contributed by atoms with Crippen molar-refractivity contribution in [2.75, 3.05) is 0 Å². The maximum absolute atomic E-state index is 13.2. The summed E-state index contributed by atoms with van der Waals surface area (Å²) >= 11 is 0. The predicted molar refractivity (Wildman–Crippen MR) is 69.4 cm³/mol. The molecule has 5 nitrogen and oxygen atoms in total. The van der Waals surface area contributed by atoms with Gasteiger partial charge >= 0.3 is 0 Å². The van der Waals surface area contributed by atoms with Crippen LogP contribution in [0.5, 0.6) is 0 Å². The van der Waals surface area contributed by atoms with Gasteiger partial charge in [0.25, 0.3) is 0 Å². The van der Waals surface area contributed by atoms with E-state index >= 15 is 0 Å². The molecule has 1 aromatic heterocycles. The zero-order valence-electron chi connectivity index (χ0n) is 10.2. The molecule has 0 aliphatic rings. The summed E-state index contributed by atoms with van der Waals surface area (Å²) in [4.78, 5) is 3.82. The van der Waals surface area contributed by atoms with Gasteiger partial charge in [-0.15, -0.1) is 0 Å². The normalized spacial score (nSPS) is 11.0. The third-order valence-corrected chi connectivity index (χ3v) is 3.94. The summed E-state index contributed by atoms with van der Waals surface area (Å²) in [6, 6.07) is 9.79. The van der Waals surface area contributed by atoms with Crippen molar-refractivity contribution in [2.45, 2.75) is 11.4 Å². The zero-order valence-corrected chi connectivity index (χ0v) is 11.1. The van der Waals surface area contributed by atoms with Gasteiger partial charge in [0.1, 0.15) is 11.9 Å². The molecule has 1 N–H and O–H groups in total. The first kappa shape index (κ1) is 14.1. The van der Waals surface area contributed by atoms with Crippen LogP contribution in [0.1, 0.15) is 11.3 Å². The third kappa shape index (κ3) is 3.17. The molecule has 0 fully saturated rings. The van der Waals surface area contributed by atoms with Gasteiger partial charge in [-0.2, -0.15) is 5.26 Å². The number of hydrogen-bond acceptors (Lipinski definition) is 4. The Morgan fingerprint density at radius 1 is 1.30 bits per heavy atom. The fraction of sp³-hybridized carbons (Fsp3) is 0.0769. The second-order valence-corrected chi connectivity index (χ2v) is 5.67. The van der Waals surface area contributed by atoms with Crippen molar-refractivity contribution in [2.24, 2.45) is 0 Å². The van der Waals surface area contributed by atoms with E-state index in [0.29, 0.717) is 5.69 Å². The number of sulfonamides is 1. The first-order valence-corrected chi connectivity index (χ1v) is 7.10. The smallest absolute Gasteiger partial charge is 0.240 e. The first-order valence-electron chi connectivity index (χ1n) is 5.62. The van der Waals surface area contributed by atoms with Crippen LogP contribution in [0.25, 0.3) is 0 Å². The summed E-state index contributed by atoms with van der Waals surface area (Å²) in [5.41, 5.74) is 0.240. The van der Waals surface area contributed by atoms with Crippen molar-refractivity contribution >= 4 is 10.0 Å². The second-order valence-electron chi connectivity index (χ2n) is 3.90. The zero-order chi connectivity index (χ0) is 14.6. The molecule has 1 aromatic carbocycles. The SMILES string of the molecule is N#Cc1cc(S(=O)(=O)NCc2ccccn2)ccc1F. The highest BCUT2D eigenvalue weighted by Crippen LogP contribution is 2.14. The molecular formula is C13H10FN3O2S. The van der Waals surface area contributed by atoms with E-state index in [1.165, 1.54) is 0 Å². The quantitative estimate of drug-likeness (QED) is 0.927. The van der Waals surface area contributed by atoms with Gasteiger partial charge in [0.15, 0.2) is 0 Å². The lowest BCUT2D eigenvalue weighted by Crippen LogP contribution is -2.23. The molecule has 0 amide bonds. The van der Waals surface area contributed by atoms with Crippen LogP contribution in [0.15, 0.2) is 47.5 Å². The molecule has 2 aromatic rings. The van der Waals surface area contributed by atoms with E-state index in [2.05, 4.69) is 9.71 Å². The number of aromatic nitrogens is 1. The van der Waals surface area contributed by atoms with E-state index in [-0.39, 0.29) is 17.0 Å². The molecule has 20 heavy (non-hydrogen) atoms. The summed E-state index contributed by atoms with van der Waals surface area (Å²) in [6.45, 7) is 0.0163. The number of nitrogens with zero attached hydrogens (tertiary/aromatic N) is 2. The highest BCUT2D eigenvalue weighted by molar-refractivity contribution is 7.89. The number of nitriles is 1. The molecule has 102 valence electrons. The Kier molecular flexibility index (Phi) is 4.08. The van der Waals surface area contributed by atoms with Crippen LogP contribution in [-0.4, -0.2) is 13.4 Å². The van der Waals surface area contributed by atoms with Gasteiger partial charge in [-0.25, -0.2) is 17.5 Å². The largest absolute Gasteiger partial charge is 0.260 e. The van der Waals surface area contributed by atoms with Crippen molar-refractivity contribution in [3.63, 3.8) is 0 Å². The molecule has 1 heterocycles. The van der Waals surface area contributed by atoms with Crippen LogP contribution in [0.3, 0.4) is 0 Å². The van der Waals surface area contributed by atoms with Crippen molar-refractivity contribution in [1.82, 2.24) is 9.71 Å². The highest BCUT2D eigenvalue weighted by Gasteiger charge is 2.16. The van der Waals surface area contributed by atoms with Gasteiger partial charge in [-0.3, -0.25) is 4.98 Å². The Balaban J connectivity index is 2.21. The average molecular weight is 291 g/mol. The number of pyridine rings is 1. The molecule has 7 heteroatoms. The average Bonchev–Trinajstić information content (AvgIpc) is 2.46. The Labute approximate surface area is 115 Å². The van der Waals surface area contributed by atoms with Crippen LogP contribution < -0.4 is 4.72 Å². The molecule has 0 saturated carbocycles. The van der Waals surface area contributed by atoms with E-state index in [4.69, 9.17) is 5.26 Å². The van der Waals surface area contributed by atoms with E-state index < -0.39 is 15.8 Å². The highest BCUT2D eigenvalue weighted by atomic mass is 32.2. The summed E-state index contributed by atoms with van der Waals surface area (Å²) in [5, 5.41) is 8.70. The third-order valence-electron chi connectivity index (χ3n) is 2.54. The van der Waals surface area contributed by atoms with Gasteiger partial charge in [0, 0.05) is 6.20 Å². The van der Waals surface area contributed by atoms with Crippen LogP contribution in [0.2, 0.25) is 0 Å². The first-order chi connectivity index (χ1) is 9.53. The number of nitrogens with one attached hydrogen (secondary N) is 1. The van der Waals surface area contributed by atoms with E-state index in [1.807, 2.05) is 0 Å². The molecule has 0 unspecified atom stereocenters. The number of hydrogen-bond donors (Lipinski definition) is 1. The fourth-order valence-corrected chi connectivity index (χ4v) is 2.54. The van der Waals surface area contributed by atoms with Crippen molar-refractivity contribution in [3.05, 3.63) is 59.7 Å². The minimum Gasteiger partial charge on any atom is -0.260 e. The van der Waals surface area contributed by atoms with Crippen LogP contribution in [-0.2, 0) is 16.6 Å². The molecule has 0 aliphatic heterocycles. The minimum atomic E-state index is -3.82. The monoisotopic (exact) mass is 291 g/mol. The Hall–Kier alpha value is -2.30. The summed E-state index contributed by atoms with van der Waals surface area (Å²) in [7, 11) is -3.82. The lowest BCUT2D eigenvalue weighted by Gasteiger charge is -2.06. The van der Waals surface area contributed by atoms with E-state index in [1.54, 1.807) is 30.5 Å². The summed E-state index contributed by atoms with van der Waals surface area (Å²) in [6.07, 6.45) is 1.55. The Bertz CT molecular complexity index is 755. The van der Waals surface area contributed by atoms with Crippen molar-refractivity contribution in [1.29, 1.82) is 5.26 Å². The number of benzene rings is 1. The fourth-order valence-electron chi connectivity index (χ4n) is 1.51. The van der Waals surface area contributed by atoms with Crippen LogP contribution >= 0.6 is 0 Å². The molecule has 0 radical (unpaired) electrons. The minimum absolute atomic E-state index is 0.0163. The standard InChI is InChI=1S/C13H10FN3O2S/c14-13-5-4-12(7-10(13)8-15)20(18,19)17-9-11-3-1-2-6-16-11/h1-7,17H,9H2. The molecule has 2 rings (SSSR count). The van der Waals surface area contributed by atoms with Gasteiger partial charge < -0.3 is 0 Å². The maximum atomic E-state index is 13.2. The van der Waals surface area contributed by atoms with Gasteiger partial charge in [0.2, 0.25) is 10.0 Å². The maximum Gasteiger partial charge on any atom is 0.240 e. The van der Waals surface area contributed by atoms with E-state index in [9.17, 15) is 12.8 Å². The van der Waals surface area contributed by atoms with Crippen LogP contribution in [0.4, 0.5) is 4.39 Å². The molecular weight excluding hydrogens is 281 g/mol. The van der Waals surface area contributed by atoms with Crippen molar-refractivity contribution < 1.29 is 12.8 Å². The number of halogens is 1. The van der Waals surface area contributed by atoms with Crippen LogP contribution in [0, 0.1) is 17.1 Å². The second kappa shape index (κ2) is 5.77.